The summed E-state index contributed by atoms with van der Waals surface area (Å²) in [7, 11) is 0. The summed E-state index contributed by atoms with van der Waals surface area (Å²) in [4.78, 5) is 12.1. The Morgan fingerprint density at radius 3 is 2.28 bits per heavy atom. The molecule has 0 aliphatic heterocycles. The Hall–Kier alpha value is -1.80. The number of rotatable bonds is 4. The molecule has 0 aliphatic rings. The van der Waals surface area contributed by atoms with Crippen LogP contribution in [0.1, 0.15) is 17.3 Å². The number of carbonyl (C=O) groups excluding carboxylic acids is 1. The molecule has 0 spiro atoms. The molecule has 0 heterocycles. The van der Waals surface area contributed by atoms with Gasteiger partial charge in [-0.1, -0.05) is 41.9 Å². The number of anilines is 1. The topological polar surface area (TPSA) is 29.1 Å². The minimum atomic E-state index is -0.270. The number of nitrogens with one attached hydrogen (secondary N) is 1. The molecule has 2 rings (SSSR count). The maximum absolute atomic E-state index is 12.1. The van der Waals surface area contributed by atoms with E-state index in [-0.39, 0.29) is 11.8 Å². The highest BCUT2D eigenvalue weighted by Crippen LogP contribution is 2.15. The molecule has 2 nitrogen and oxygen atoms in total. The van der Waals surface area contributed by atoms with Gasteiger partial charge in [-0.25, -0.2) is 0 Å². The van der Waals surface area contributed by atoms with Gasteiger partial charge in [0, 0.05) is 16.3 Å². The number of halogens is 1. The average Bonchev–Trinajstić information content (AvgIpc) is 2.41. The molecule has 1 unspecified atom stereocenters. The van der Waals surface area contributed by atoms with E-state index in [1.165, 1.54) is 0 Å². The monoisotopic (exact) mass is 259 g/mol. The first-order valence-electron chi connectivity index (χ1n) is 5.78. The van der Waals surface area contributed by atoms with Gasteiger partial charge in [0.25, 0.3) is 0 Å². The Kier molecular flexibility index (Phi) is 4.00. The first-order valence-corrected chi connectivity index (χ1v) is 6.16. The number of ketones is 1. The van der Waals surface area contributed by atoms with Gasteiger partial charge in [-0.3, -0.25) is 4.79 Å². The summed E-state index contributed by atoms with van der Waals surface area (Å²) in [5.74, 6) is 0.0746. The molecule has 0 bridgehead atoms. The Morgan fingerprint density at radius 1 is 1.06 bits per heavy atom. The van der Waals surface area contributed by atoms with Crippen LogP contribution in [-0.2, 0) is 0 Å². The van der Waals surface area contributed by atoms with Crippen molar-refractivity contribution in [3.8, 4) is 0 Å². The van der Waals surface area contributed by atoms with E-state index >= 15 is 0 Å². The van der Waals surface area contributed by atoms with Gasteiger partial charge in [0.15, 0.2) is 5.78 Å². The van der Waals surface area contributed by atoms with Gasteiger partial charge < -0.3 is 5.32 Å². The molecule has 1 N–H and O–H groups in total. The van der Waals surface area contributed by atoms with Gasteiger partial charge in [0.1, 0.15) is 0 Å². The van der Waals surface area contributed by atoms with Crippen molar-refractivity contribution in [1.29, 1.82) is 0 Å². The van der Waals surface area contributed by atoms with Crippen molar-refractivity contribution in [2.75, 3.05) is 5.32 Å². The molecule has 18 heavy (non-hydrogen) atoms. The van der Waals surface area contributed by atoms with E-state index in [1.54, 1.807) is 12.1 Å². The molecule has 0 saturated carbocycles. The minimum absolute atomic E-state index is 0.0746. The normalized spacial score (nSPS) is 11.9. The van der Waals surface area contributed by atoms with Crippen molar-refractivity contribution in [3.05, 3.63) is 65.2 Å². The fourth-order valence-electron chi connectivity index (χ4n) is 1.71. The van der Waals surface area contributed by atoms with Gasteiger partial charge in [-0.2, -0.15) is 0 Å². The molecular weight excluding hydrogens is 246 g/mol. The highest BCUT2D eigenvalue weighted by molar-refractivity contribution is 6.30. The highest BCUT2D eigenvalue weighted by atomic mass is 35.5. The quantitative estimate of drug-likeness (QED) is 0.840. The SMILES string of the molecule is CC(Nc1ccc(Cl)cc1)C(=O)c1ccccc1. The van der Waals surface area contributed by atoms with Crippen LogP contribution in [0.5, 0.6) is 0 Å². The molecule has 0 saturated heterocycles. The van der Waals surface area contributed by atoms with Crippen molar-refractivity contribution in [3.63, 3.8) is 0 Å². The maximum Gasteiger partial charge on any atom is 0.184 e. The molecular formula is C15H14ClNO. The lowest BCUT2D eigenvalue weighted by Crippen LogP contribution is -2.26. The number of benzene rings is 2. The number of hydrogen-bond donors (Lipinski definition) is 1. The summed E-state index contributed by atoms with van der Waals surface area (Å²) in [6, 6.07) is 16.3. The van der Waals surface area contributed by atoms with Gasteiger partial charge in [-0.15, -0.1) is 0 Å². The summed E-state index contributed by atoms with van der Waals surface area (Å²) in [6.45, 7) is 1.85. The molecule has 0 fully saturated rings. The molecule has 3 heteroatoms. The van der Waals surface area contributed by atoms with E-state index in [1.807, 2.05) is 49.4 Å². The number of Topliss-reactive ketones (excluding diaryl/α,β-unsaturated/α-hetero) is 1. The van der Waals surface area contributed by atoms with Crippen LogP contribution < -0.4 is 5.32 Å². The second-order valence-electron chi connectivity index (χ2n) is 4.10. The van der Waals surface area contributed by atoms with Crippen molar-refractivity contribution in [1.82, 2.24) is 0 Å². The molecule has 2 aromatic carbocycles. The Morgan fingerprint density at radius 2 is 1.67 bits per heavy atom. The molecule has 0 aromatic heterocycles. The molecule has 0 amide bonds. The first-order chi connectivity index (χ1) is 8.66. The van der Waals surface area contributed by atoms with Crippen LogP contribution in [0, 0.1) is 0 Å². The van der Waals surface area contributed by atoms with Gasteiger partial charge in [-0.05, 0) is 31.2 Å². The zero-order valence-electron chi connectivity index (χ0n) is 10.1. The molecule has 2 aromatic rings. The molecule has 92 valence electrons. The van der Waals surface area contributed by atoms with Crippen molar-refractivity contribution < 1.29 is 4.79 Å². The standard InChI is InChI=1S/C15H14ClNO/c1-11(15(18)12-5-3-2-4-6-12)17-14-9-7-13(16)8-10-14/h2-11,17H,1H3. The van der Waals surface area contributed by atoms with E-state index in [0.29, 0.717) is 10.6 Å². The van der Waals surface area contributed by atoms with Crippen LogP contribution in [0.15, 0.2) is 54.6 Å². The smallest absolute Gasteiger partial charge is 0.184 e. The third-order valence-corrected chi connectivity index (χ3v) is 2.93. The first kappa shape index (κ1) is 12.7. The number of hydrogen-bond acceptors (Lipinski definition) is 2. The van der Waals surface area contributed by atoms with Gasteiger partial charge in [0.2, 0.25) is 0 Å². The Balaban J connectivity index is 2.06. The Labute approximate surface area is 112 Å². The Bertz CT molecular complexity index is 522. The van der Waals surface area contributed by atoms with Crippen molar-refractivity contribution in [2.24, 2.45) is 0 Å². The van der Waals surface area contributed by atoms with Gasteiger partial charge >= 0.3 is 0 Å². The van der Waals surface area contributed by atoms with Crippen molar-refractivity contribution in [2.45, 2.75) is 13.0 Å². The molecule has 1 atom stereocenters. The minimum Gasteiger partial charge on any atom is -0.375 e. The van der Waals surface area contributed by atoms with E-state index in [2.05, 4.69) is 5.32 Å². The van der Waals surface area contributed by atoms with Crippen LogP contribution in [0.4, 0.5) is 5.69 Å². The van der Waals surface area contributed by atoms with Crippen LogP contribution in [-0.4, -0.2) is 11.8 Å². The summed E-state index contributed by atoms with van der Waals surface area (Å²) < 4.78 is 0. The zero-order valence-corrected chi connectivity index (χ0v) is 10.8. The maximum atomic E-state index is 12.1. The average molecular weight is 260 g/mol. The van der Waals surface area contributed by atoms with Crippen LogP contribution in [0.3, 0.4) is 0 Å². The molecule has 0 radical (unpaired) electrons. The number of carbonyl (C=O) groups is 1. The van der Waals surface area contributed by atoms with Crippen molar-refractivity contribution >= 4 is 23.1 Å². The summed E-state index contributed by atoms with van der Waals surface area (Å²) in [6.07, 6.45) is 0. The van der Waals surface area contributed by atoms with E-state index < -0.39 is 0 Å². The zero-order chi connectivity index (χ0) is 13.0. The van der Waals surface area contributed by atoms with Gasteiger partial charge in [0.05, 0.1) is 6.04 Å². The lowest BCUT2D eigenvalue weighted by Gasteiger charge is -2.14. The largest absolute Gasteiger partial charge is 0.375 e. The molecule has 0 aliphatic carbocycles. The summed E-state index contributed by atoms with van der Waals surface area (Å²) in [5, 5.41) is 3.84. The van der Waals surface area contributed by atoms with Crippen LogP contribution >= 0.6 is 11.6 Å². The van der Waals surface area contributed by atoms with E-state index in [0.717, 1.165) is 5.69 Å². The van der Waals surface area contributed by atoms with E-state index in [4.69, 9.17) is 11.6 Å². The fraction of sp³-hybridized carbons (Fsp3) is 0.133. The summed E-state index contributed by atoms with van der Waals surface area (Å²) >= 11 is 5.81. The second-order valence-corrected chi connectivity index (χ2v) is 4.54. The third kappa shape index (κ3) is 3.11. The fourth-order valence-corrected chi connectivity index (χ4v) is 1.84. The second kappa shape index (κ2) is 5.69. The predicted molar refractivity (Wildman–Crippen MR) is 75.3 cm³/mol. The van der Waals surface area contributed by atoms with Crippen LogP contribution in [0.2, 0.25) is 5.02 Å². The predicted octanol–water partition coefficient (Wildman–Crippen LogP) is 4.02. The summed E-state index contributed by atoms with van der Waals surface area (Å²) in [5.41, 5.74) is 1.60. The third-order valence-electron chi connectivity index (χ3n) is 2.68. The van der Waals surface area contributed by atoms with E-state index in [9.17, 15) is 4.79 Å². The van der Waals surface area contributed by atoms with Crippen LogP contribution in [0.25, 0.3) is 0 Å². The lowest BCUT2D eigenvalue weighted by molar-refractivity contribution is 0.0975. The lowest BCUT2D eigenvalue weighted by atomic mass is 10.1. The highest BCUT2D eigenvalue weighted by Gasteiger charge is 2.14.